The second-order valence-electron chi connectivity index (χ2n) is 6.60. The summed E-state index contributed by atoms with van der Waals surface area (Å²) in [6.07, 6.45) is 0. The van der Waals surface area contributed by atoms with E-state index >= 15 is 0 Å². The lowest BCUT2D eigenvalue weighted by molar-refractivity contribution is -0.139. The van der Waals surface area contributed by atoms with E-state index in [-0.39, 0.29) is 18.1 Å². The van der Waals surface area contributed by atoms with Crippen LogP contribution in [0.4, 0.5) is 10.5 Å². The molecule has 3 aromatic rings. The highest BCUT2D eigenvalue weighted by Crippen LogP contribution is 2.32. The number of urea groups is 1. The van der Waals surface area contributed by atoms with Crippen LogP contribution < -0.4 is 9.64 Å². The van der Waals surface area contributed by atoms with Crippen LogP contribution in [0.3, 0.4) is 0 Å². The van der Waals surface area contributed by atoms with Gasteiger partial charge in [0.2, 0.25) is 11.7 Å². The van der Waals surface area contributed by atoms with Crippen molar-refractivity contribution in [3.8, 4) is 17.1 Å². The minimum atomic E-state index is -0.971. The lowest BCUT2D eigenvalue weighted by Crippen LogP contribution is -2.33. The van der Waals surface area contributed by atoms with Gasteiger partial charge in [0.1, 0.15) is 12.3 Å². The van der Waals surface area contributed by atoms with Gasteiger partial charge in [0, 0.05) is 5.56 Å². The molecule has 0 spiro atoms. The Morgan fingerprint density at radius 2 is 1.83 bits per heavy atom. The van der Waals surface area contributed by atoms with E-state index in [0.717, 1.165) is 20.9 Å². The van der Waals surface area contributed by atoms with E-state index in [1.54, 1.807) is 31.2 Å². The first-order valence-electron chi connectivity index (χ1n) is 9.31. The molecule has 4 amide bonds. The topological polar surface area (TPSA) is 106 Å². The van der Waals surface area contributed by atoms with E-state index < -0.39 is 17.8 Å². The van der Waals surface area contributed by atoms with E-state index in [4.69, 9.17) is 9.26 Å². The predicted octanol–water partition coefficient (Wildman–Crippen LogP) is 2.94. The Labute approximate surface area is 171 Å². The molecule has 1 aromatic heterocycles. The Hall–Kier alpha value is -4.01. The standard InChI is InChI=1S/C21H18N4O5/c1-3-29-16-10-5-4-9-15(16)25-20(27)19(26)24(21(25)28)12-17-22-18(23-30-17)14-8-6-7-13(2)11-14/h4-11H,3,12H2,1-2H3. The Morgan fingerprint density at radius 1 is 1.03 bits per heavy atom. The molecule has 1 aliphatic heterocycles. The molecule has 9 nitrogen and oxygen atoms in total. The highest BCUT2D eigenvalue weighted by molar-refractivity contribution is 6.52. The number of anilines is 1. The fourth-order valence-electron chi connectivity index (χ4n) is 3.13. The van der Waals surface area contributed by atoms with Gasteiger partial charge in [-0.15, -0.1) is 0 Å². The fourth-order valence-corrected chi connectivity index (χ4v) is 3.13. The second kappa shape index (κ2) is 7.78. The van der Waals surface area contributed by atoms with Gasteiger partial charge in [0.05, 0.1) is 12.3 Å². The van der Waals surface area contributed by atoms with Gasteiger partial charge < -0.3 is 9.26 Å². The van der Waals surface area contributed by atoms with E-state index in [9.17, 15) is 14.4 Å². The summed E-state index contributed by atoms with van der Waals surface area (Å²) in [7, 11) is 0. The highest BCUT2D eigenvalue weighted by Gasteiger charge is 2.47. The quantitative estimate of drug-likeness (QED) is 0.458. The fraction of sp³-hybridized carbons (Fsp3) is 0.190. The molecule has 152 valence electrons. The van der Waals surface area contributed by atoms with Crippen LogP contribution in [0.2, 0.25) is 0 Å². The van der Waals surface area contributed by atoms with E-state index in [2.05, 4.69) is 10.1 Å². The largest absolute Gasteiger partial charge is 0.492 e. The summed E-state index contributed by atoms with van der Waals surface area (Å²) in [5.74, 6) is -1.23. The summed E-state index contributed by atoms with van der Waals surface area (Å²) in [5.41, 5.74) is 1.97. The average molecular weight is 406 g/mol. The summed E-state index contributed by atoms with van der Waals surface area (Å²) in [5, 5.41) is 3.90. The Balaban J connectivity index is 1.59. The lowest BCUT2D eigenvalue weighted by Gasteiger charge is -2.17. The number of hydrogen-bond acceptors (Lipinski definition) is 7. The third kappa shape index (κ3) is 3.41. The molecule has 2 aromatic carbocycles. The number of carbonyl (C=O) groups is 3. The number of ether oxygens (including phenoxy) is 1. The zero-order valence-corrected chi connectivity index (χ0v) is 16.4. The Morgan fingerprint density at radius 3 is 2.60 bits per heavy atom. The van der Waals surface area contributed by atoms with E-state index in [1.807, 2.05) is 31.2 Å². The highest BCUT2D eigenvalue weighted by atomic mass is 16.5. The van der Waals surface area contributed by atoms with Gasteiger partial charge in [-0.1, -0.05) is 41.1 Å². The van der Waals surface area contributed by atoms with Crippen molar-refractivity contribution >= 4 is 23.5 Å². The SMILES string of the molecule is CCOc1ccccc1N1C(=O)C(=O)N(Cc2nc(-c3cccc(C)c3)no2)C1=O. The molecular weight excluding hydrogens is 388 g/mol. The number of carbonyl (C=O) groups excluding carboxylic acids is 3. The van der Waals surface area contributed by atoms with Gasteiger partial charge in [-0.3, -0.25) is 9.59 Å². The smallest absolute Gasteiger partial charge is 0.339 e. The number of para-hydroxylation sites is 2. The van der Waals surface area contributed by atoms with Crippen LogP contribution in [0.25, 0.3) is 11.4 Å². The lowest BCUT2D eigenvalue weighted by atomic mass is 10.1. The second-order valence-corrected chi connectivity index (χ2v) is 6.60. The average Bonchev–Trinajstić information content (AvgIpc) is 3.28. The minimum absolute atomic E-state index is 0.0425. The van der Waals surface area contributed by atoms with E-state index in [1.165, 1.54) is 0 Å². The minimum Gasteiger partial charge on any atom is -0.492 e. The summed E-state index contributed by atoms with van der Waals surface area (Å²) >= 11 is 0. The molecule has 0 aliphatic carbocycles. The van der Waals surface area contributed by atoms with Crippen LogP contribution in [-0.2, 0) is 16.1 Å². The molecule has 0 unspecified atom stereocenters. The molecule has 1 saturated heterocycles. The molecule has 0 N–H and O–H groups in total. The molecule has 9 heteroatoms. The number of amides is 4. The van der Waals surface area contributed by atoms with Gasteiger partial charge in [-0.2, -0.15) is 4.98 Å². The molecule has 0 radical (unpaired) electrons. The molecule has 1 fully saturated rings. The predicted molar refractivity (Wildman–Crippen MR) is 106 cm³/mol. The first-order valence-corrected chi connectivity index (χ1v) is 9.31. The van der Waals surface area contributed by atoms with Crippen molar-refractivity contribution in [3.05, 3.63) is 60.0 Å². The van der Waals surface area contributed by atoms with Crippen molar-refractivity contribution in [2.75, 3.05) is 11.5 Å². The summed E-state index contributed by atoms with van der Waals surface area (Å²) in [6, 6.07) is 13.2. The van der Waals surface area contributed by atoms with Crippen molar-refractivity contribution in [1.29, 1.82) is 0 Å². The van der Waals surface area contributed by atoms with Crippen LogP contribution >= 0.6 is 0 Å². The summed E-state index contributed by atoms with van der Waals surface area (Å²) in [4.78, 5) is 43.7. The van der Waals surface area contributed by atoms with Gasteiger partial charge in [0.15, 0.2) is 0 Å². The van der Waals surface area contributed by atoms with Crippen LogP contribution in [0.15, 0.2) is 53.1 Å². The molecule has 2 heterocycles. The molecule has 30 heavy (non-hydrogen) atoms. The van der Waals surface area contributed by atoms with Crippen LogP contribution in [0.1, 0.15) is 18.4 Å². The zero-order valence-electron chi connectivity index (χ0n) is 16.4. The molecule has 1 aliphatic rings. The maximum absolute atomic E-state index is 12.9. The third-order valence-corrected chi connectivity index (χ3v) is 4.50. The van der Waals surface area contributed by atoms with Crippen LogP contribution in [0.5, 0.6) is 5.75 Å². The number of rotatable bonds is 6. The Bertz CT molecular complexity index is 1140. The van der Waals surface area contributed by atoms with Gasteiger partial charge in [0.25, 0.3) is 0 Å². The maximum atomic E-state index is 12.9. The number of imide groups is 2. The summed E-state index contributed by atoms with van der Waals surface area (Å²) < 4.78 is 10.7. The molecule has 0 atom stereocenters. The first-order chi connectivity index (χ1) is 14.5. The van der Waals surface area contributed by atoms with E-state index in [0.29, 0.717) is 18.2 Å². The number of nitrogens with zero attached hydrogens (tertiary/aromatic N) is 4. The van der Waals surface area contributed by atoms with Crippen molar-refractivity contribution in [2.45, 2.75) is 20.4 Å². The maximum Gasteiger partial charge on any atom is 0.339 e. The van der Waals surface area contributed by atoms with Crippen molar-refractivity contribution < 1.29 is 23.6 Å². The molecule has 0 bridgehead atoms. The monoisotopic (exact) mass is 406 g/mol. The first kappa shape index (κ1) is 19.3. The van der Waals surface area contributed by atoms with Gasteiger partial charge >= 0.3 is 17.8 Å². The summed E-state index contributed by atoms with van der Waals surface area (Å²) in [6.45, 7) is 3.75. The number of benzene rings is 2. The Kier molecular flexibility index (Phi) is 5.01. The number of hydrogen-bond donors (Lipinski definition) is 0. The van der Waals surface area contributed by atoms with Crippen LogP contribution in [0, 0.1) is 6.92 Å². The third-order valence-electron chi connectivity index (χ3n) is 4.50. The molecule has 0 saturated carbocycles. The van der Waals surface area contributed by atoms with Gasteiger partial charge in [-0.05, 0) is 32.0 Å². The normalized spacial score (nSPS) is 14.0. The number of aryl methyl sites for hydroxylation is 1. The molecular formula is C21H18N4O5. The zero-order chi connectivity index (χ0) is 21.3. The van der Waals surface area contributed by atoms with Gasteiger partial charge in [-0.25, -0.2) is 14.6 Å². The van der Waals surface area contributed by atoms with Crippen LogP contribution in [-0.4, -0.2) is 39.5 Å². The number of aromatic nitrogens is 2. The van der Waals surface area contributed by atoms with Crippen molar-refractivity contribution in [1.82, 2.24) is 15.0 Å². The van der Waals surface area contributed by atoms with Crippen molar-refractivity contribution in [2.24, 2.45) is 0 Å². The molecule has 4 rings (SSSR count). The van der Waals surface area contributed by atoms with Crippen molar-refractivity contribution in [3.63, 3.8) is 0 Å².